The lowest BCUT2D eigenvalue weighted by molar-refractivity contribution is 0.175. The van der Waals surface area contributed by atoms with E-state index in [4.69, 9.17) is 9.57 Å². The highest BCUT2D eigenvalue weighted by molar-refractivity contribution is 6.01. The molecule has 0 saturated heterocycles. The molecule has 1 heterocycles. The predicted octanol–water partition coefficient (Wildman–Crippen LogP) is 5.53. The van der Waals surface area contributed by atoms with Gasteiger partial charge in [-0.1, -0.05) is 17.8 Å². The molecule has 0 aliphatic carbocycles. The Kier molecular flexibility index (Phi) is 5.94. The molecule has 0 aliphatic rings. The van der Waals surface area contributed by atoms with E-state index in [1.54, 1.807) is 25.3 Å². The van der Waals surface area contributed by atoms with Crippen LogP contribution in [0.2, 0.25) is 0 Å². The van der Waals surface area contributed by atoms with Gasteiger partial charge >= 0.3 is 0 Å². The van der Waals surface area contributed by atoms with Crippen LogP contribution in [0.5, 0.6) is 5.75 Å². The molecule has 0 amide bonds. The van der Waals surface area contributed by atoms with E-state index in [1.807, 2.05) is 44.2 Å². The number of nitrogens with zero attached hydrogens (tertiary/aromatic N) is 2. The Morgan fingerprint density at radius 2 is 1.82 bits per heavy atom. The average Bonchev–Trinajstić information content (AvgIpc) is 3.06. The average molecular weight is 378 g/mol. The summed E-state index contributed by atoms with van der Waals surface area (Å²) in [5.74, 6) is 0.520. The van der Waals surface area contributed by atoms with E-state index in [-0.39, 0.29) is 5.82 Å². The quantitative estimate of drug-likeness (QED) is 0.235. The first-order valence-corrected chi connectivity index (χ1v) is 8.95. The Morgan fingerprint density at radius 3 is 2.43 bits per heavy atom. The van der Waals surface area contributed by atoms with Crippen LogP contribution in [-0.2, 0) is 4.84 Å². The molecular weight excluding hydrogens is 355 g/mol. The lowest BCUT2D eigenvalue weighted by Crippen LogP contribution is -2.02. The molecule has 0 N–H and O–H groups in total. The molecule has 0 radical (unpaired) electrons. The van der Waals surface area contributed by atoms with Crippen LogP contribution in [0, 0.1) is 12.7 Å². The fourth-order valence-electron chi connectivity index (χ4n) is 3.11. The minimum absolute atomic E-state index is 0.265. The molecule has 0 bridgehead atoms. The van der Waals surface area contributed by atoms with E-state index in [9.17, 15) is 4.39 Å². The van der Waals surface area contributed by atoms with Gasteiger partial charge in [0.2, 0.25) is 0 Å². The number of ether oxygens (including phenoxy) is 1. The second kappa shape index (κ2) is 8.57. The summed E-state index contributed by atoms with van der Waals surface area (Å²) in [5, 5.41) is 4.18. The molecule has 4 nitrogen and oxygen atoms in total. The SMILES string of the molecule is C=CCO/N=C(/C)c1cc(-c2ccc(F)cc2)n(-c2ccc(OC)cc2)c1C. The maximum atomic E-state index is 13.4. The van der Waals surface area contributed by atoms with Gasteiger partial charge in [0.15, 0.2) is 0 Å². The van der Waals surface area contributed by atoms with Crippen LogP contribution in [0.15, 0.2) is 72.4 Å². The van der Waals surface area contributed by atoms with Crippen molar-refractivity contribution in [3.8, 4) is 22.7 Å². The maximum Gasteiger partial charge on any atom is 0.135 e. The van der Waals surface area contributed by atoms with Crippen LogP contribution in [0.3, 0.4) is 0 Å². The molecule has 5 heteroatoms. The normalized spacial score (nSPS) is 11.4. The molecule has 28 heavy (non-hydrogen) atoms. The van der Waals surface area contributed by atoms with Crippen molar-refractivity contribution < 1.29 is 14.0 Å². The first kappa shape index (κ1) is 19.4. The Hall–Kier alpha value is -3.34. The summed E-state index contributed by atoms with van der Waals surface area (Å²) < 4.78 is 20.8. The second-order valence-corrected chi connectivity index (χ2v) is 6.33. The summed E-state index contributed by atoms with van der Waals surface area (Å²) in [6, 6.07) is 16.3. The molecule has 3 aromatic rings. The van der Waals surface area contributed by atoms with Crippen molar-refractivity contribution in [3.05, 3.63) is 84.3 Å². The largest absolute Gasteiger partial charge is 0.497 e. The minimum atomic E-state index is -0.265. The van der Waals surface area contributed by atoms with Gasteiger partial charge < -0.3 is 14.1 Å². The van der Waals surface area contributed by atoms with Crippen molar-refractivity contribution in [1.29, 1.82) is 0 Å². The molecule has 0 saturated carbocycles. The van der Waals surface area contributed by atoms with Crippen molar-refractivity contribution >= 4 is 5.71 Å². The number of aromatic nitrogens is 1. The topological polar surface area (TPSA) is 35.8 Å². The molecule has 0 unspecified atom stereocenters. The summed E-state index contributed by atoms with van der Waals surface area (Å²) in [4.78, 5) is 5.26. The summed E-state index contributed by atoms with van der Waals surface area (Å²) >= 11 is 0. The third-order valence-electron chi connectivity index (χ3n) is 4.50. The zero-order valence-electron chi connectivity index (χ0n) is 16.3. The Labute approximate surface area is 164 Å². The Balaban J connectivity index is 2.15. The summed E-state index contributed by atoms with van der Waals surface area (Å²) in [7, 11) is 1.64. The van der Waals surface area contributed by atoms with Crippen molar-refractivity contribution in [2.45, 2.75) is 13.8 Å². The first-order valence-electron chi connectivity index (χ1n) is 8.95. The van der Waals surface area contributed by atoms with Gasteiger partial charge in [-0.2, -0.15) is 0 Å². The van der Waals surface area contributed by atoms with Gasteiger partial charge in [-0.15, -0.1) is 0 Å². The van der Waals surface area contributed by atoms with Crippen LogP contribution in [0.1, 0.15) is 18.2 Å². The standard InChI is InChI=1S/C23H23FN2O2/c1-5-14-28-25-16(2)22-15-23(18-6-8-19(24)9-7-18)26(17(22)3)20-10-12-21(27-4)13-11-20/h5-13,15H,1,14H2,2-4H3/b25-16-. The lowest BCUT2D eigenvalue weighted by Gasteiger charge is -2.13. The molecule has 0 fully saturated rings. The molecule has 0 aliphatic heterocycles. The van der Waals surface area contributed by atoms with E-state index in [1.165, 1.54) is 12.1 Å². The summed E-state index contributed by atoms with van der Waals surface area (Å²) in [6.07, 6.45) is 1.65. The zero-order valence-corrected chi connectivity index (χ0v) is 16.3. The molecule has 144 valence electrons. The van der Waals surface area contributed by atoms with Gasteiger partial charge in [0.1, 0.15) is 18.2 Å². The highest BCUT2D eigenvalue weighted by Crippen LogP contribution is 2.31. The van der Waals surface area contributed by atoms with E-state index in [0.717, 1.165) is 39.7 Å². The van der Waals surface area contributed by atoms with Gasteiger partial charge in [0, 0.05) is 16.9 Å². The van der Waals surface area contributed by atoms with Crippen LogP contribution in [0.25, 0.3) is 16.9 Å². The van der Waals surface area contributed by atoms with Gasteiger partial charge in [0.25, 0.3) is 0 Å². The van der Waals surface area contributed by atoms with E-state index >= 15 is 0 Å². The zero-order chi connectivity index (χ0) is 20.1. The number of halogens is 1. The van der Waals surface area contributed by atoms with Crippen molar-refractivity contribution in [2.24, 2.45) is 5.16 Å². The van der Waals surface area contributed by atoms with Gasteiger partial charge in [0.05, 0.1) is 18.5 Å². The number of hydrogen-bond donors (Lipinski definition) is 0. The monoisotopic (exact) mass is 378 g/mol. The number of oxime groups is 1. The minimum Gasteiger partial charge on any atom is -0.497 e. The number of benzene rings is 2. The van der Waals surface area contributed by atoms with Crippen LogP contribution in [-0.4, -0.2) is 24.0 Å². The predicted molar refractivity (Wildman–Crippen MR) is 111 cm³/mol. The van der Waals surface area contributed by atoms with Gasteiger partial charge in [-0.05, 0) is 74.0 Å². The lowest BCUT2D eigenvalue weighted by atomic mass is 10.1. The van der Waals surface area contributed by atoms with Crippen molar-refractivity contribution in [3.63, 3.8) is 0 Å². The first-order chi connectivity index (χ1) is 13.5. The van der Waals surface area contributed by atoms with Gasteiger partial charge in [-0.25, -0.2) is 4.39 Å². The summed E-state index contributed by atoms with van der Waals surface area (Å²) in [5.41, 5.74) is 5.55. The Morgan fingerprint density at radius 1 is 1.14 bits per heavy atom. The molecule has 0 atom stereocenters. The van der Waals surface area contributed by atoms with Crippen molar-refractivity contribution in [2.75, 3.05) is 13.7 Å². The highest BCUT2D eigenvalue weighted by atomic mass is 19.1. The molecule has 1 aromatic heterocycles. The number of rotatable bonds is 7. The fraction of sp³-hybridized carbons (Fsp3) is 0.174. The van der Waals surface area contributed by atoms with E-state index < -0.39 is 0 Å². The Bertz CT molecular complexity index is 987. The number of methoxy groups -OCH3 is 1. The third kappa shape index (κ3) is 3.98. The fourth-order valence-corrected chi connectivity index (χ4v) is 3.11. The molecule has 2 aromatic carbocycles. The van der Waals surface area contributed by atoms with Crippen molar-refractivity contribution in [1.82, 2.24) is 4.57 Å². The number of hydrogen-bond acceptors (Lipinski definition) is 3. The third-order valence-corrected chi connectivity index (χ3v) is 4.50. The second-order valence-electron chi connectivity index (χ2n) is 6.33. The van der Waals surface area contributed by atoms with Gasteiger partial charge in [-0.3, -0.25) is 0 Å². The summed E-state index contributed by atoms with van der Waals surface area (Å²) in [6.45, 7) is 7.90. The highest BCUT2D eigenvalue weighted by Gasteiger charge is 2.17. The maximum absolute atomic E-state index is 13.4. The molecule has 0 spiro atoms. The van der Waals surface area contributed by atoms with Crippen LogP contribution >= 0.6 is 0 Å². The smallest absolute Gasteiger partial charge is 0.135 e. The van der Waals surface area contributed by atoms with E-state index in [2.05, 4.69) is 16.3 Å². The molecular formula is C23H23FN2O2. The van der Waals surface area contributed by atoms with E-state index in [0.29, 0.717) is 6.61 Å². The van der Waals surface area contributed by atoms with Crippen LogP contribution < -0.4 is 4.74 Å². The van der Waals surface area contributed by atoms with Crippen LogP contribution in [0.4, 0.5) is 4.39 Å². The molecule has 3 rings (SSSR count).